The molecule has 1 aliphatic rings. The van der Waals surface area contributed by atoms with Crippen LogP contribution in [0.5, 0.6) is 0 Å². The zero-order chi connectivity index (χ0) is 10.8. The van der Waals surface area contributed by atoms with Crippen LogP contribution in [0.1, 0.15) is 17.8 Å². The molecule has 2 heterocycles. The van der Waals surface area contributed by atoms with Gasteiger partial charge in [0.05, 0.1) is 16.4 Å². The fourth-order valence-corrected chi connectivity index (χ4v) is 2.23. The Morgan fingerprint density at radius 2 is 2.27 bits per heavy atom. The third kappa shape index (κ3) is 2.17. The molecule has 0 bridgehead atoms. The summed E-state index contributed by atoms with van der Waals surface area (Å²) in [6.07, 6.45) is 1.14. The van der Waals surface area contributed by atoms with E-state index in [4.69, 9.17) is 11.6 Å². The molecule has 0 fully saturated rings. The van der Waals surface area contributed by atoms with Crippen molar-refractivity contribution in [2.45, 2.75) is 26.1 Å². The Kier molecular flexibility index (Phi) is 3.29. The summed E-state index contributed by atoms with van der Waals surface area (Å²) < 4.78 is 2.05. The van der Waals surface area contributed by atoms with Crippen LogP contribution < -0.4 is 5.32 Å². The van der Waals surface area contributed by atoms with Gasteiger partial charge in [0.25, 0.3) is 0 Å². The number of fused-ring (bicyclic) bond motifs is 1. The van der Waals surface area contributed by atoms with Crippen molar-refractivity contribution in [1.82, 2.24) is 20.0 Å². The second-order valence-electron chi connectivity index (χ2n) is 4.05. The van der Waals surface area contributed by atoms with Gasteiger partial charge in [0, 0.05) is 26.2 Å². The first-order valence-electron chi connectivity index (χ1n) is 5.29. The SMILES string of the molecule is CNCc1nn2c(c1Cl)CN(C)CCC2. The van der Waals surface area contributed by atoms with Crippen LogP contribution in [0.4, 0.5) is 0 Å². The van der Waals surface area contributed by atoms with Crippen LogP contribution in [0, 0.1) is 0 Å². The highest BCUT2D eigenvalue weighted by atomic mass is 35.5. The molecule has 0 atom stereocenters. The maximum atomic E-state index is 6.31. The van der Waals surface area contributed by atoms with E-state index in [2.05, 4.69) is 27.0 Å². The Balaban J connectivity index is 2.31. The van der Waals surface area contributed by atoms with Crippen molar-refractivity contribution in [2.75, 3.05) is 20.6 Å². The topological polar surface area (TPSA) is 33.1 Å². The summed E-state index contributed by atoms with van der Waals surface area (Å²) in [4.78, 5) is 2.29. The number of halogens is 1. The van der Waals surface area contributed by atoms with E-state index >= 15 is 0 Å². The number of aryl methyl sites for hydroxylation is 1. The normalized spacial score (nSPS) is 17.5. The van der Waals surface area contributed by atoms with E-state index in [9.17, 15) is 0 Å². The average Bonchev–Trinajstić information content (AvgIpc) is 2.40. The number of nitrogens with zero attached hydrogens (tertiary/aromatic N) is 3. The smallest absolute Gasteiger partial charge is 0.0951 e. The number of aromatic nitrogens is 2. The Hall–Kier alpha value is -0.580. The molecule has 5 heteroatoms. The van der Waals surface area contributed by atoms with Gasteiger partial charge in [-0.3, -0.25) is 4.68 Å². The molecule has 1 N–H and O–H groups in total. The summed E-state index contributed by atoms with van der Waals surface area (Å²) in [5.41, 5.74) is 2.12. The third-order valence-corrected chi connectivity index (χ3v) is 3.17. The van der Waals surface area contributed by atoms with Crippen LogP contribution in [-0.4, -0.2) is 35.3 Å². The summed E-state index contributed by atoms with van der Waals surface area (Å²) in [6, 6.07) is 0. The van der Waals surface area contributed by atoms with Crippen molar-refractivity contribution in [1.29, 1.82) is 0 Å². The monoisotopic (exact) mass is 228 g/mol. The van der Waals surface area contributed by atoms with E-state index in [0.29, 0.717) is 0 Å². The van der Waals surface area contributed by atoms with Gasteiger partial charge in [-0.25, -0.2) is 0 Å². The second kappa shape index (κ2) is 4.51. The third-order valence-electron chi connectivity index (χ3n) is 2.73. The molecule has 1 aliphatic heterocycles. The first-order chi connectivity index (χ1) is 7.22. The van der Waals surface area contributed by atoms with E-state index in [1.807, 2.05) is 7.05 Å². The van der Waals surface area contributed by atoms with Crippen LogP contribution in [0.25, 0.3) is 0 Å². The highest BCUT2D eigenvalue weighted by Gasteiger charge is 2.19. The molecule has 1 aromatic rings. The minimum absolute atomic E-state index is 0.739. The van der Waals surface area contributed by atoms with Gasteiger partial charge in [-0.1, -0.05) is 11.6 Å². The lowest BCUT2D eigenvalue weighted by Gasteiger charge is -2.11. The average molecular weight is 229 g/mol. The molecular weight excluding hydrogens is 212 g/mol. The van der Waals surface area contributed by atoms with Gasteiger partial charge in [-0.05, 0) is 20.5 Å². The molecule has 0 radical (unpaired) electrons. The fraction of sp³-hybridized carbons (Fsp3) is 0.700. The number of rotatable bonds is 2. The van der Waals surface area contributed by atoms with Gasteiger partial charge in [-0.15, -0.1) is 0 Å². The predicted octanol–water partition coefficient (Wildman–Crippen LogP) is 1.09. The highest BCUT2D eigenvalue weighted by molar-refractivity contribution is 6.31. The molecular formula is C10H17ClN4. The van der Waals surface area contributed by atoms with Crippen LogP contribution in [-0.2, 0) is 19.6 Å². The molecule has 0 unspecified atom stereocenters. The number of hydrogen-bond donors (Lipinski definition) is 1. The summed E-state index contributed by atoms with van der Waals surface area (Å²) in [6.45, 7) is 3.72. The molecule has 2 rings (SSSR count). The zero-order valence-corrected chi connectivity index (χ0v) is 10.0. The van der Waals surface area contributed by atoms with Gasteiger partial charge in [0.2, 0.25) is 0 Å². The maximum Gasteiger partial charge on any atom is 0.0951 e. The first kappa shape index (κ1) is 10.9. The molecule has 15 heavy (non-hydrogen) atoms. The molecule has 0 spiro atoms. The van der Waals surface area contributed by atoms with Crippen molar-refractivity contribution < 1.29 is 0 Å². The molecule has 0 saturated heterocycles. The van der Waals surface area contributed by atoms with E-state index in [-0.39, 0.29) is 0 Å². The minimum Gasteiger partial charge on any atom is -0.314 e. The highest BCUT2D eigenvalue weighted by Crippen LogP contribution is 2.24. The standard InChI is InChI=1S/C10H17ClN4/c1-12-6-8-10(11)9-7-14(2)4-3-5-15(9)13-8/h12H,3-7H2,1-2H3. The van der Waals surface area contributed by atoms with Crippen LogP contribution in [0.2, 0.25) is 5.02 Å². The Morgan fingerprint density at radius 3 is 3.00 bits per heavy atom. The maximum absolute atomic E-state index is 6.31. The Labute approximate surface area is 95.2 Å². The predicted molar refractivity (Wildman–Crippen MR) is 61.0 cm³/mol. The quantitative estimate of drug-likeness (QED) is 0.823. The van der Waals surface area contributed by atoms with Gasteiger partial charge in [0.15, 0.2) is 0 Å². The Bertz CT molecular complexity index is 347. The molecule has 0 aliphatic carbocycles. The van der Waals surface area contributed by atoms with Crippen molar-refractivity contribution in [3.63, 3.8) is 0 Å². The molecule has 84 valence electrons. The summed E-state index contributed by atoms with van der Waals surface area (Å²) in [5.74, 6) is 0. The minimum atomic E-state index is 0.739. The number of hydrogen-bond acceptors (Lipinski definition) is 3. The first-order valence-corrected chi connectivity index (χ1v) is 5.67. The zero-order valence-electron chi connectivity index (χ0n) is 9.26. The fourth-order valence-electron chi connectivity index (χ4n) is 1.97. The van der Waals surface area contributed by atoms with Crippen LogP contribution in [0.15, 0.2) is 0 Å². The molecule has 0 aromatic carbocycles. The largest absolute Gasteiger partial charge is 0.314 e. The molecule has 0 saturated carbocycles. The van der Waals surface area contributed by atoms with Crippen LogP contribution in [0.3, 0.4) is 0 Å². The summed E-state index contributed by atoms with van der Waals surface area (Å²) in [5, 5.41) is 8.45. The Morgan fingerprint density at radius 1 is 1.47 bits per heavy atom. The van der Waals surface area contributed by atoms with E-state index in [0.717, 1.165) is 49.0 Å². The lowest BCUT2D eigenvalue weighted by atomic mass is 10.3. The second-order valence-corrected chi connectivity index (χ2v) is 4.43. The van der Waals surface area contributed by atoms with Crippen molar-refractivity contribution in [2.24, 2.45) is 0 Å². The lowest BCUT2D eigenvalue weighted by molar-refractivity contribution is 0.332. The van der Waals surface area contributed by atoms with Gasteiger partial charge >= 0.3 is 0 Å². The van der Waals surface area contributed by atoms with Crippen LogP contribution >= 0.6 is 11.6 Å². The lowest BCUT2D eigenvalue weighted by Crippen LogP contribution is -2.17. The van der Waals surface area contributed by atoms with E-state index in [1.54, 1.807) is 0 Å². The van der Waals surface area contributed by atoms with Gasteiger partial charge in [0.1, 0.15) is 0 Å². The molecule has 1 aromatic heterocycles. The van der Waals surface area contributed by atoms with Crippen molar-refractivity contribution in [3.8, 4) is 0 Å². The summed E-state index contributed by atoms with van der Waals surface area (Å²) >= 11 is 6.31. The van der Waals surface area contributed by atoms with Crippen molar-refractivity contribution >= 4 is 11.6 Å². The van der Waals surface area contributed by atoms with E-state index in [1.165, 1.54) is 0 Å². The van der Waals surface area contributed by atoms with Gasteiger partial charge in [-0.2, -0.15) is 5.10 Å². The van der Waals surface area contributed by atoms with Gasteiger partial charge < -0.3 is 10.2 Å². The molecule has 0 amide bonds. The van der Waals surface area contributed by atoms with E-state index < -0.39 is 0 Å². The molecule has 4 nitrogen and oxygen atoms in total. The van der Waals surface area contributed by atoms with Crippen molar-refractivity contribution in [3.05, 3.63) is 16.4 Å². The summed E-state index contributed by atoms with van der Waals surface area (Å²) in [7, 11) is 4.03. The number of nitrogens with one attached hydrogen (secondary N) is 1.